The molecule has 0 bridgehead atoms. The van der Waals surface area contributed by atoms with Crippen LogP contribution in [-0.4, -0.2) is 52.2 Å². The standard InChI is InChI=1S/C25H23F3N4O4/c26-25(27,28)21-12-29-13-22(32-21)31-19-9-10-20(36-14-19)11-30-23(33)17-5-1-15(2-6-17)16-3-7-18(8-4-16)24(34)35/h1-8,12-13,19-20H,9-11,14H2,(H,30,33)(H,31,32)(H,34,35)/t19-,20+/m1/s1. The van der Waals surface area contributed by atoms with Gasteiger partial charge in [0, 0.05) is 12.1 Å². The number of aromatic nitrogens is 2. The van der Waals surface area contributed by atoms with Gasteiger partial charge in [0.25, 0.3) is 5.91 Å². The number of carboxylic acid groups (broad SMARTS) is 1. The molecule has 36 heavy (non-hydrogen) atoms. The van der Waals surface area contributed by atoms with Crippen LogP contribution >= 0.6 is 0 Å². The van der Waals surface area contributed by atoms with Crippen molar-refractivity contribution >= 4 is 17.7 Å². The van der Waals surface area contributed by atoms with Gasteiger partial charge in [-0.05, 0) is 48.2 Å². The summed E-state index contributed by atoms with van der Waals surface area (Å²) < 4.78 is 44.2. The van der Waals surface area contributed by atoms with Crippen LogP contribution in [0, 0.1) is 0 Å². The zero-order valence-corrected chi connectivity index (χ0v) is 19.0. The topological polar surface area (TPSA) is 113 Å². The largest absolute Gasteiger partial charge is 0.478 e. The summed E-state index contributed by atoms with van der Waals surface area (Å²) in [6.45, 7) is 0.557. The van der Waals surface area contributed by atoms with Crippen molar-refractivity contribution in [2.75, 3.05) is 18.5 Å². The Morgan fingerprint density at radius 2 is 1.61 bits per heavy atom. The van der Waals surface area contributed by atoms with E-state index >= 15 is 0 Å². The van der Waals surface area contributed by atoms with Crippen molar-refractivity contribution in [2.24, 2.45) is 0 Å². The fourth-order valence-electron chi connectivity index (χ4n) is 3.79. The highest BCUT2D eigenvalue weighted by molar-refractivity contribution is 5.94. The van der Waals surface area contributed by atoms with Crippen LogP contribution in [-0.2, 0) is 10.9 Å². The van der Waals surface area contributed by atoms with E-state index in [0.717, 1.165) is 11.1 Å². The molecule has 188 valence electrons. The molecule has 2 aromatic carbocycles. The lowest BCUT2D eigenvalue weighted by Crippen LogP contribution is -2.41. The molecule has 0 unspecified atom stereocenters. The van der Waals surface area contributed by atoms with E-state index in [9.17, 15) is 22.8 Å². The van der Waals surface area contributed by atoms with Crippen molar-refractivity contribution in [3.63, 3.8) is 0 Å². The molecule has 3 N–H and O–H groups in total. The number of carbonyl (C=O) groups excluding carboxylic acids is 1. The van der Waals surface area contributed by atoms with Gasteiger partial charge in [0.2, 0.25) is 0 Å². The summed E-state index contributed by atoms with van der Waals surface area (Å²) in [5.74, 6) is -1.22. The van der Waals surface area contributed by atoms with E-state index in [1.54, 1.807) is 36.4 Å². The minimum absolute atomic E-state index is 0.0338. The van der Waals surface area contributed by atoms with E-state index in [1.807, 2.05) is 0 Å². The number of amides is 1. The Morgan fingerprint density at radius 1 is 0.972 bits per heavy atom. The molecule has 2 heterocycles. The number of aromatic carboxylic acids is 1. The zero-order chi connectivity index (χ0) is 25.7. The van der Waals surface area contributed by atoms with Gasteiger partial charge in [0.1, 0.15) is 5.82 Å². The number of nitrogens with zero attached hydrogens (tertiary/aromatic N) is 2. The Hall–Kier alpha value is -3.99. The van der Waals surface area contributed by atoms with Crippen molar-refractivity contribution in [2.45, 2.75) is 31.2 Å². The number of hydrogen-bond acceptors (Lipinski definition) is 6. The molecule has 0 saturated carbocycles. The first-order valence-electron chi connectivity index (χ1n) is 11.2. The highest BCUT2D eigenvalue weighted by Crippen LogP contribution is 2.28. The molecule has 1 aromatic heterocycles. The summed E-state index contributed by atoms with van der Waals surface area (Å²) in [7, 11) is 0. The Bertz CT molecular complexity index is 1210. The Morgan fingerprint density at radius 3 is 2.17 bits per heavy atom. The fourth-order valence-corrected chi connectivity index (χ4v) is 3.79. The van der Waals surface area contributed by atoms with Crippen molar-refractivity contribution in [1.82, 2.24) is 15.3 Å². The molecule has 2 atom stereocenters. The van der Waals surface area contributed by atoms with E-state index < -0.39 is 17.8 Å². The van der Waals surface area contributed by atoms with E-state index in [-0.39, 0.29) is 36.0 Å². The number of anilines is 1. The molecule has 1 aliphatic heterocycles. The molecular weight excluding hydrogens is 477 g/mol. The summed E-state index contributed by atoms with van der Waals surface area (Å²) in [4.78, 5) is 30.6. The number of benzene rings is 2. The minimum atomic E-state index is -4.56. The van der Waals surface area contributed by atoms with Crippen LogP contribution < -0.4 is 10.6 Å². The van der Waals surface area contributed by atoms with Crippen molar-refractivity contribution < 1.29 is 32.6 Å². The van der Waals surface area contributed by atoms with Gasteiger partial charge in [0.15, 0.2) is 5.69 Å². The van der Waals surface area contributed by atoms with Crippen LogP contribution in [0.25, 0.3) is 11.1 Å². The third kappa shape index (κ3) is 6.36. The fraction of sp³-hybridized carbons (Fsp3) is 0.280. The summed E-state index contributed by atoms with van der Waals surface area (Å²) >= 11 is 0. The van der Waals surface area contributed by atoms with Gasteiger partial charge in [-0.25, -0.2) is 9.78 Å². The number of carboxylic acids is 1. The van der Waals surface area contributed by atoms with Crippen molar-refractivity contribution in [3.8, 4) is 11.1 Å². The maximum absolute atomic E-state index is 12.8. The molecule has 8 nitrogen and oxygen atoms in total. The number of nitrogens with one attached hydrogen (secondary N) is 2. The minimum Gasteiger partial charge on any atom is -0.478 e. The lowest BCUT2D eigenvalue weighted by Gasteiger charge is -2.30. The molecule has 0 aliphatic carbocycles. The third-order valence-corrected chi connectivity index (χ3v) is 5.75. The van der Waals surface area contributed by atoms with Crippen LogP contribution in [0.4, 0.5) is 19.0 Å². The number of hydrogen-bond donors (Lipinski definition) is 3. The molecule has 1 saturated heterocycles. The van der Waals surface area contributed by atoms with Crippen molar-refractivity contribution in [1.29, 1.82) is 0 Å². The predicted octanol–water partition coefficient (Wildman–Crippen LogP) is 4.25. The van der Waals surface area contributed by atoms with Gasteiger partial charge in [-0.3, -0.25) is 9.78 Å². The third-order valence-electron chi connectivity index (χ3n) is 5.75. The van der Waals surface area contributed by atoms with Crippen molar-refractivity contribution in [3.05, 3.63) is 77.7 Å². The van der Waals surface area contributed by atoms with Crippen LogP contribution in [0.3, 0.4) is 0 Å². The zero-order valence-electron chi connectivity index (χ0n) is 19.0. The second-order valence-corrected chi connectivity index (χ2v) is 8.33. The monoisotopic (exact) mass is 500 g/mol. The first-order chi connectivity index (χ1) is 17.2. The maximum atomic E-state index is 12.8. The van der Waals surface area contributed by atoms with E-state index in [2.05, 4.69) is 20.6 Å². The molecule has 1 amide bonds. The van der Waals surface area contributed by atoms with Gasteiger partial charge in [-0.15, -0.1) is 0 Å². The number of alkyl halides is 3. The average molecular weight is 500 g/mol. The molecule has 11 heteroatoms. The SMILES string of the molecule is O=C(O)c1ccc(-c2ccc(C(=O)NC[C@@H]3CC[C@@H](Nc4cncc(C(F)(F)F)n4)CO3)cc2)cc1. The molecule has 1 fully saturated rings. The molecular formula is C25H23F3N4O4. The smallest absolute Gasteiger partial charge is 0.434 e. The highest BCUT2D eigenvalue weighted by Gasteiger charge is 2.33. The van der Waals surface area contributed by atoms with E-state index in [0.29, 0.717) is 31.1 Å². The first kappa shape index (κ1) is 25.1. The summed E-state index contributed by atoms with van der Waals surface area (Å²) in [5, 5.41) is 14.8. The second kappa shape index (κ2) is 10.7. The highest BCUT2D eigenvalue weighted by atomic mass is 19.4. The Labute approximate surface area is 204 Å². The predicted molar refractivity (Wildman–Crippen MR) is 125 cm³/mol. The summed E-state index contributed by atoms with van der Waals surface area (Å²) in [6, 6.07) is 13.2. The number of rotatable bonds is 7. The number of halogens is 3. The molecule has 0 radical (unpaired) electrons. The lowest BCUT2D eigenvalue weighted by atomic mass is 10.0. The molecule has 1 aliphatic rings. The quantitative estimate of drug-likeness (QED) is 0.445. The summed E-state index contributed by atoms with van der Waals surface area (Å²) in [6.07, 6.45) is -1.63. The van der Waals surface area contributed by atoms with Gasteiger partial charge in [0.05, 0.1) is 36.7 Å². The van der Waals surface area contributed by atoms with Gasteiger partial charge in [-0.1, -0.05) is 24.3 Å². The molecule has 4 rings (SSSR count). The summed E-state index contributed by atoms with van der Waals surface area (Å²) in [5.41, 5.74) is 1.30. The van der Waals surface area contributed by atoms with E-state index in [4.69, 9.17) is 9.84 Å². The van der Waals surface area contributed by atoms with Crippen LogP contribution in [0.1, 0.15) is 39.3 Å². The van der Waals surface area contributed by atoms with Crippen LogP contribution in [0.5, 0.6) is 0 Å². The van der Waals surface area contributed by atoms with Crippen LogP contribution in [0.15, 0.2) is 60.9 Å². The number of carbonyl (C=O) groups is 2. The van der Waals surface area contributed by atoms with E-state index in [1.165, 1.54) is 18.3 Å². The Kier molecular flexibility index (Phi) is 7.49. The second-order valence-electron chi connectivity index (χ2n) is 8.33. The first-order valence-corrected chi connectivity index (χ1v) is 11.2. The lowest BCUT2D eigenvalue weighted by molar-refractivity contribution is -0.141. The normalized spacial score (nSPS) is 17.9. The van der Waals surface area contributed by atoms with Gasteiger partial charge < -0.3 is 20.5 Å². The maximum Gasteiger partial charge on any atom is 0.434 e. The van der Waals surface area contributed by atoms with Gasteiger partial charge in [-0.2, -0.15) is 13.2 Å². The average Bonchev–Trinajstić information content (AvgIpc) is 2.88. The Balaban J connectivity index is 1.24. The van der Waals surface area contributed by atoms with Gasteiger partial charge >= 0.3 is 12.1 Å². The molecule has 0 spiro atoms. The number of ether oxygens (including phenoxy) is 1. The van der Waals surface area contributed by atoms with Crippen LogP contribution in [0.2, 0.25) is 0 Å². The molecule has 3 aromatic rings.